The van der Waals surface area contributed by atoms with Crippen LogP contribution in [0.4, 0.5) is 0 Å². The van der Waals surface area contributed by atoms with E-state index in [2.05, 4.69) is 0 Å². The zero-order chi connectivity index (χ0) is 14.4. The fourth-order valence-electron chi connectivity index (χ4n) is 1.86. The molecule has 1 fully saturated rings. The topological polar surface area (TPSA) is 88.1 Å². The second-order valence-electron chi connectivity index (χ2n) is 4.22. The molecule has 0 radical (unpaired) electrons. The highest BCUT2D eigenvalue weighted by Crippen LogP contribution is 2.22. The molecule has 7 heteroatoms. The highest BCUT2D eigenvalue weighted by Gasteiger charge is 2.39. The summed E-state index contributed by atoms with van der Waals surface area (Å²) in [5.41, 5.74) is 0. The minimum atomic E-state index is -0.769. The maximum Gasteiger partial charge on any atom is 0.303 e. The minimum Gasteiger partial charge on any atom is -0.463 e. The van der Waals surface area contributed by atoms with Gasteiger partial charge in [0.1, 0.15) is 18.8 Å². The molecule has 0 N–H and O–H groups in total. The van der Waals surface area contributed by atoms with Crippen molar-refractivity contribution in [2.24, 2.45) is 0 Å². The average Bonchev–Trinajstić information content (AvgIpc) is 2.28. The van der Waals surface area contributed by atoms with Crippen LogP contribution in [0.5, 0.6) is 0 Å². The maximum absolute atomic E-state index is 11.1. The number of hydrogen-bond donors (Lipinski definition) is 0. The standard InChI is InChI=1S/C12H18O7/c1-7(13)17-6-11-12(19-9(3)15)10(4-5-16-11)18-8(2)14/h10-12H,4-6H2,1-3H3/t10?,11-,12+/m1/s1. The monoisotopic (exact) mass is 274 g/mol. The van der Waals surface area contributed by atoms with Crippen LogP contribution >= 0.6 is 0 Å². The van der Waals surface area contributed by atoms with Gasteiger partial charge >= 0.3 is 17.9 Å². The quantitative estimate of drug-likeness (QED) is 0.534. The van der Waals surface area contributed by atoms with Gasteiger partial charge in [-0.2, -0.15) is 0 Å². The third-order valence-electron chi connectivity index (χ3n) is 2.54. The Labute approximate surface area is 111 Å². The normalized spacial score (nSPS) is 26.4. The molecule has 0 bridgehead atoms. The lowest BCUT2D eigenvalue weighted by Crippen LogP contribution is -2.50. The van der Waals surface area contributed by atoms with E-state index >= 15 is 0 Å². The number of carbonyl (C=O) groups excluding carboxylic acids is 3. The Bertz CT molecular complexity index is 352. The average molecular weight is 274 g/mol. The van der Waals surface area contributed by atoms with Gasteiger partial charge in [0.2, 0.25) is 0 Å². The summed E-state index contributed by atoms with van der Waals surface area (Å²) in [5, 5.41) is 0. The third kappa shape index (κ3) is 5.25. The van der Waals surface area contributed by atoms with Gasteiger partial charge in [-0.15, -0.1) is 0 Å². The van der Waals surface area contributed by atoms with Crippen molar-refractivity contribution in [3.63, 3.8) is 0 Å². The van der Waals surface area contributed by atoms with E-state index in [0.717, 1.165) is 0 Å². The molecule has 3 atom stereocenters. The minimum absolute atomic E-state index is 0.0506. The SMILES string of the molecule is CC(=O)OC[C@H]1OCCC(OC(C)=O)[C@@H]1OC(C)=O. The van der Waals surface area contributed by atoms with Gasteiger partial charge in [0.05, 0.1) is 6.61 Å². The summed E-state index contributed by atoms with van der Waals surface area (Å²) < 4.78 is 20.5. The molecule has 1 aliphatic heterocycles. The van der Waals surface area contributed by atoms with Crippen LogP contribution in [0.2, 0.25) is 0 Å². The summed E-state index contributed by atoms with van der Waals surface area (Å²) in [6, 6.07) is 0. The Morgan fingerprint density at radius 3 is 2.21 bits per heavy atom. The van der Waals surface area contributed by atoms with Gasteiger partial charge in [-0.1, -0.05) is 0 Å². The number of ether oxygens (including phenoxy) is 4. The number of carbonyl (C=O) groups is 3. The van der Waals surface area contributed by atoms with E-state index in [-0.39, 0.29) is 6.61 Å². The van der Waals surface area contributed by atoms with Gasteiger partial charge in [0, 0.05) is 27.2 Å². The lowest BCUT2D eigenvalue weighted by Gasteiger charge is -2.36. The molecule has 1 saturated heterocycles. The number of rotatable bonds is 4. The first kappa shape index (κ1) is 15.4. The predicted octanol–water partition coefficient (Wildman–Crippen LogP) is 0.202. The maximum atomic E-state index is 11.1. The molecule has 0 aromatic heterocycles. The van der Waals surface area contributed by atoms with Gasteiger partial charge in [-0.25, -0.2) is 0 Å². The van der Waals surface area contributed by atoms with E-state index in [9.17, 15) is 14.4 Å². The van der Waals surface area contributed by atoms with Crippen LogP contribution in [0.15, 0.2) is 0 Å². The van der Waals surface area contributed by atoms with Crippen LogP contribution in [-0.2, 0) is 33.3 Å². The highest BCUT2D eigenvalue weighted by molar-refractivity contribution is 5.67. The Kier molecular flexibility index (Phi) is 5.75. The second kappa shape index (κ2) is 7.08. The van der Waals surface area contributed by atoms with Crippen molar-refractivity contribution in [2.45, 2.75) is 45.5 Å². The molecule has 1 aliphatic rings. The second-order valence-corrected chi connectivity index (χ2v) is 4.22. The van der Waals surface area contributed by atoms with Gasteiger partial charge in [-0.05, 0) is 0 Å². The smallest absolute Gasteiger partial charge is 0.303 e. The van der Waals surface area contributed by atoms with E-state index in [1.807, 2.05) is 0 Å². The van der Waals surface area contributed by atoms with Gasteiger partial charge < -0.3 is 18.9 Å². The van der Waals surface area contributed by atoms with Crippen molar-refractivity contribution in [1.29, 1.82) is 0 Å². The first-order valence-corrected chi connectivity index (χ1v) is 5.99. The molecule has 1 heterocycles. The molecular formula is C12H18O7. The zero-order valence-corrected chi connectivity index (χ0v) is 11.2. The molecule has 19 heavy (non-hydrogen) atoms. The van der Waals surface area contributed by atoms with Gasteiger partial charge in [0.25, 0.3) is 0 Å². The van der Waals surface area contributed by atoms with Crippen LogP contribution in [0.3, 0.4) is 0 Å². The lowest BCUT2D eigenvalue weighted by atomic mass is 10.0. The number of esters is 3. The third-order valence-corrected chi connectivity index (χ3v) is 2.54. The van der Waals surface area contributed by atoms with Gasteiger partial charge in [0.15, 0.2) is 6.10 Å². The molecule has 0 aromatic carbocycles. The van der Waals surface area contributed by atoms with Crippen molar-refractivity contribution in [2.75, 3.05) is 13.2 Å². The van der Waals surface area contributed by atoms with E-state index in [0.29, 0.717) is 13.0 Å². The van der Waals surface area contributed by atoms with Crippen molar-refractivity contribution in [1.82, 2.24) is 0 Å². The molecular weight excluding hydrogens is 256 g/mol. The molecule has 1 unspecified atom stereocenters. The summed E-state index contributed by atoms with van der Waals surface area (Å²) in [4.78, 5) is 32.9. The largest absolute Gasteiger partial charge is 0.463 e. The van der Waals surface area contributed by atoms with Crippen molar-refractivity contribution < 1.29 is 33.3 Å². The molecule has 0 aromatic rings. The summed E-state index contributed by atoms with van der Waals surface area (Å²) in [6.45, 7) is 4.09. The highest BCUT2D eigenvalue weighted by atomic mass is 16.6. The van der Waals surface area contributed by atoms with E-state index < -0.39 is 36.2 Å². The van der Waals surface area contributed by atoms with Crippen LogP contribution in [0.1, 0.15) is 27.2 Å². The van der Waals surface area contributed by atoms with Crippen LogP contribution in [0.25, 0.3) is 0 Å². The Hall–Kier alpha value is -1.63. The molecule has 7 nitrogen and oxygen atoms in total. The summed E-state index contributed by atoms with van der Waals surface area (Å²) in [5.74, 6) is -1.43. The summed E-state index contributed by atoms with van der Waals surface area (Å²) in [6.07, 6.45) is -1.57. The van der Waals surface area contributed by atoms with E-state index in [1.54, 1.807) is 0 Å². The first-order valence-electron chi connectivity index (χ1n) is 5.99. The lowest BCUT2D eigenvalue weighted by molar-refractivity contribution is -0.200. The van der Waals surface area contributed by atoms with Crippen LogP contribution < -0.4 is 0 Å². The Balaban J connectivity index is 2.72. The Morgan fingerprint density at radius 1 is 1.05 bits per heavy atom. The molecule has 1 rings (SSSR count). The van der Waals surface area contributed by atoms with Crippen molar-refractivity contribution in [3.05, 3.63) is 0 Å². The molecule has 0 aliphatic carbocycles. The summed E-state index contributed by atoms with van der Waals surface area (Å²) in [7, 11) is 0. The van der Waals surface area contributed by atoms with E-state index in [4.69, 9.17) is 18.9 Å². The molecule has 0 saturated carbocycles. The van der Waals surface area contributed by atoms with E-state index in [1.165, 1.54) is 20.8 Å². The molecule has 108 valence electrons. The fourth-order valence-corrected chi connectivity index (χ4v) is 1.86. The molecule has 0 amide bonds. The van der Waals surface area contributed by atoms with Crippen LogP contribution in [-0.4, -0.2) is 49.4 Å². The first-order chi connectivity index (χ1) is 8.90. The van der Waals surface area contributed by atoms with Crippen LogP contribution in [0, 0.1) is 0 Å². The number of hydrogen-bond acceptors (Lipinski definition) is 7. The van der Waals surface area contributed by atoms with Crippen molar-refractivity contribution >= 4 is 17.9 Å². The summed E-state index contributed by atoms with van der Waals surface area (Å²) >= 11 is 0. The predicted molar refractivity (Wildman–Crippen MR) is 62.1 cm³/mol. The van der Waals surface area contributed by atoms with Crippen molar-refractivity contribution in [3.8, 4) is 0 Å². The zero-order valence-electron chi connectivity index (χ0n) is 11.2. The fraction of sp³-hybridized carbons (Fsp3) is 0.750. The Morgan fingerprint density at radius 2 is 1.68 bits per heavy atom. The molecule has 0 spiro atoms. The van der Waals surface area contributed by atoms with Gasteiger partial charge in [-0.3, -0.25) is 14.4 Å².